The molecule has 0 saturated carbocycles. The molecule has 0 saturated heterocycles. The SMILES string of the molecule is Cc1ccc(Cl)c(-n2c(CCl)nc3c(C)cccc32)c1. The molecule has 0 aliphatic heterocycles. The highest BCUT2D eigenvalue weighted by Gasteiger charge is 2.15. The van der Waals surface area contributed by atoms with E-state index in [0.717, 1.165) is 33.7 Å². The minimum atomic E-state index is 0.346. The first kappa shape index (κ1) is 13.5. The summed E-state index contributed by atoms with van der Waals surface area (Å²) in [7, 11) is 0. The molecule has 0 radical (unpaired) electrons. The van der Waals surface area contributed by atoms with Gasteiger partial charge >= 0.3 is 0 Å². The van der Waals surface area contributed by atoms with Crippen LogP contribution in [0.1, 0.15) is 17.0 Å². The van der Waals surface area contributed by atoms with Crippen molar-refractivity contribution in [3.63, 3.8) is 0 Å². The molecular formula is C16H14Cl2N2. The Kier molecular flexibility index (Phi) is 3.45. The highest BCUT2D eigenvalue weighted by molar-refractivity contribution is 6.32. The van der Waals surface area contributed by atoms with E-state index in [1.165, 1.54) is 0 Å². The summed E-state index contributed by atoms with van der Waals surface area (Å²) in [6, 6.07) is 12.1. The van der Waals surface area contributed by atoms with Gasteiger partial charge in [-0.15, -0.1) is 11.6 Å². The standard InChI is InChI=1S/C16H14Cl2N2/c1-10-6-7-12(18)14(8-10)20-13-5-3-4-11(2)16(13)19-15(20)9-17/h3-8H,9H2,1-2H3. The van der Waals surface area contributed by atoms with Crippen LogP contribution in [0, 0.1) is 13.8 Å². The van der Waals surface area contributed by atoms with Gasteiger partial charge in [-0.25, -0.2) is 4.98 Å². The number of fused-ring (bicyclic) bond motifs is 1. The number of imidazole rings is 1. The fraction of sp³-hybridized carbons (Fsp3) is 0.188. The average Bonchev–Trinajstić information content (AvgIpc) is 2.81. The van der Waals surface area contributed by atoms with Gasteiger partial charge in [-0.3, -0.25) is 4.57 Å². The minimum absolute atomic E-state index is 0.346. The van der Waals surface area contributed by atoms with E-state index in [4.69, 9.17) is 23.2 Å². The van der Waals surface area contributed by atoms with E-state index in [9.17, 15) is 0 Å². The number of aryl methyl sites for hydroxylation is 2. The second-order valence-electron chi connectivity index (χ2n) is 4.89. The summed E-state index contributed by atoms with van der Waals surface area (Å²) in [6.07, 6.45) is 0. The highest BCUT2D eigenvalue weighted by atomic mass is 35.5. The van der Waals surface area contributed by atoms with Crippen molar-refractivity contribution in [3.8, 4) is 5.69 Å². The molecule has 0 aliphatic rings. The van der Waals surface area contributed by atoms with E-state index in [-0.39, 0.29) is 0 Å². The molecule has 1 aromatic heterocycles. The number of hydrogen-bond acceptors (Lipinski definition) is 1. The van der Waals surface area contributed by atoms with E-state index in [1.54, 1.807) is 0 Å². The lowest BCUT2D eigenvalue weighted by molar-refractivity contribution is 0.980. The normalized spacial score (nSPS) is 11.2. The van der Waals surface area contributed by atoms with E-state index in [2.05, 4.69) is 24.0 Å². The molecule has 0 atom stereocenters. The van der Waals surface area contributed by atoms with Crippen LogP contribution >= 0.6 is 23.2 Å². The van der Waals surface area contributed by atoms with Crippen LogP contribution < -0.4 is 0 Å². The first-order chi connectivity index (χ1) is 9.61. The predicted molar refractivity (Wildman–Crippen MR) is 85.1 cm³/mol. The Balaban J connectivity index is 2.40. The van der Waals surface area contributed by atoms with Gasteiger partial charge in [0.2, 0.25) is 0 Å². The number of rotatable bonds is 2. The number of halogens is 2. The van der Waals surface area contributed by atoms with Crippen LogP contribution in [0.15, 0.2) is 36.4 Å². The van der Waals surface area contributed by atoms with Gasteiger partial charge < -0.3 is 0 Å². The van der Waals surface area contributed by atoms with Crippen LogP contribution in [-0.2, 0) is 5.88 Å². The van der Waals surface area contributed by atoms with Gasteiger partial charge in [-0.1, -0.05) is 29.8 Å². The number of aromatic nitrogens is 2. The maximum absolute atomic E-state index is 6.37. The lowest BCUT2D eigenvalue weighted by Crippen LogP contribution is -2.00. The largest absolute Gasteiger partial charge is 0.294 e. The summed E-state index contributed by atoms with van der Waals surface area (Å²) in [4.78, 5) is 4.65. The number of para-hydroxylation sites is 1. The van der Waals surface area contributed by atoms with Crippen LogP contribution in [0.3, 0.4) is 0 Å². The fourth-order valence-corrected chi connectivity index (χ4v) is 2.82. The maximum atomic E-state index is 6.37. The molecule has 0 spiro atoms. The Morgan fingerprint density at radius 3 is 2.70 bits per heavy atom. The quantitative estimate of drug-likeness (QED) is 0.607. The van der Waals surface area contributed by atoms with E-state index in [1.807, 2.05) is 35.8 Å². The topological polar surface area (TPSA) is 17.8 Å². The van der Waals surface area contributed by atoms with E-state index >= 15 is 0 Å². The summed E-state index contributed by atoms with van der Waals surface area (Å²) < 4.78 is 2.05. The van der Waals surface area contributed by atoms with Crippen LogP contribution in [0.2, 0.25) is 5.02 Å². The second-order valence-corrected chi connectivity index (χ2v) is 5.57. The molecule has 20 heavy (non-hydrogen) atoms. The van der Waals surface area contributed by atoms with Gasteiger partial charge in [-0.2, -0.15) is 0 Å². The average molecular weight is 305 g/mol. The first-order valence-electron chi connectivity index (χ1n) is 6.41. The lowest BCUT2D eigenvalue weighted by Gasteiger charge is -2.11. The number of hydrogen-bond donors (Lipinski definition) is 0. The molecule has 1 heterocycles. The first-order valence-corrected chi connectivity index (χ1v) is 7.32. The molecule has 2 nitrogen and oxygen atoms in total. The molecule has 0 bridgehead atoms. The smallest absolute Gasteiger partial charge is 0.129 e. The molecular weight excluding hydrogens is 291 g/mol. The lowest BCUT2D eigenvalue weighted by atomic mass is 10.2. The van der Waals surface area contributed by atoms with Crippen molar-refractivity contribution >= 4 is 34.2 Å². The van der Waals surface area contributed by atoms with Crippen LogP contribution in [0.4, 0.5) is 0 Å². The van der Waals surface area contributed by atoms with E-state index < -0.39 is 0 Å². The van der Waals surface area contributed by atoms with Gasteiger partial charge in [0.15, 0.2) is 0 Å². The molecule has 0 unspecified atom stereocenters. The Hall–Kier alpha value is -1.51. The van der Waals surface area contributed by atoms with Crippen molar-refractivity contribution < 1.29 is 0 Å². The van der Waals surface area contributed by atoms with Gasteiger partial charge in [0.25, 0.3) is 0 Å². The highest BCUT2D eigenvalue weighted by Crippen LogP contribution is 2.29. The Labute approximate surface area is 128 Å². The monoisotopic (exact) mass is 304 g/mol. The molecule has 0 N–H and O–H groups in total. The van der Waals surface area contributed by atoms with Crippen molar-refractivity contribution in [2.24, 2.45) is 0 Å². The fourth-order valence-electron chi connectivity index (χ4n) is 2.44. The number of alkyl halides is 1. The summed E-state index contributed by atoms with van der Waals surface area (Å²) in [5, 5.41) is 0.697. The zero-order chi connectivity index (χ0) is 14.3. The maximum Gasteiger partial charge on any atom is 0.129 e. The zero-order valence-electron chi connectivity index (χ0n) is 11.3. The van der Waals surface area contributed by atoms with Crippen molar-refractivity contribution in [2.45, 2.75) is 19.7 Å². The van der Waals surface area contributed by atoms with E-state index in [0.29, 0.717) is 10.9 Å². The third-order valence-electron chi connectivity index (χ3n) is 3.42. The van der Waals surface area contributed by atoms with Crippen molar-refractivity contribution in [1.29, 1.82) is 0 Å². The summed E-state index contributed by atoms with van der Waals surface area (Å²) in [5.74, 6) is 1.15. The van der Waals surface area contributed by atoms with Crippen LogP contribution in [-0.4, -0.2) is 9.55 Å². The number of nitrogens with zero attached hydrogens (tertiary/aromatic N) is 2. The summed E-state index contributed by atoms with van der Waals surface area (Å²) in [5.41, 5.74) is 5.22. The van der Waals surface area contributed by atoms with Gasteiger partial charge in [0, 0.05) is 0 Å². The number of benzene rings is 2. The molecule has 2 aromatic carbocycles. The zero-order valence-corrected chi connectivity index (χ0v) is 12.8. The third-order valence-corrected chi connectivity index (χ3v) is 3.98. The van der Waals surface area contributed by atoms with Crippen LogP contribution in [0.5, 0.6) is 0 Å². The Bertz CT molecular complexity index is 791. The van der Waals surface area contributed by atoms with Crippen molar-refractivity contribution in [1.82, 2.24) is 9.55 Å². The summed E-state index contributed by atoms with van der Waals surface area (Å²) in [6.45, 7) is 4.10. The molecule has 4 heteroatoms. The molecule has 0 aliphatic carbocycles. The Morgan fingerprint density at radius 1 is 1.15 bits per heavy atom. The molecule has 102 valence electrons. The predicted octanol–water partition coefficient (Wildman–Crippen LogP) is 5.03. The van der Waals surface area contributed by atoms with Crippen molar-refractivity contribution in [2.75, 3.05) is 0 Å². The molecule has 3 rings (SSSR count). The second kappa shape index (κ2) is 5.12. The van der Waals surface area contributed by atoms with Gasteiger partial charge in [0.1, 0.15) is 5.82 Å². The molecule has 0 amide bonds. The van der Waals surface area contributed by atoms with Gasteiger partial charge in [-0.05, 0) is 43.2 Å². The van der Waals surface area contributed by atoms with Crippen LogP contribution in [0.25, 0.3) is 16.7 Å². The van der Waals surface area contributed by atoms with Gasteiger partial charge in [0.05, 0.1) is 27.6 Å². The van der Waals surface area contributed by atoms with Crippen molar-refractivity contribution in [3.05, 3.63) is 58.4 Å². The molecule has 0 fully saturated rings. The molecule has 3 aromatic rings. The third kappa shape index (κ3) is 2.09. The summed E-state index contributed by atoms with van der Waals surface area (Å²) >= 11 is 12.4. The minimum Gasteiger partial charge on any atom is -0.294 e. The Morgan fingerprint density at radius 2 is 1.95 bits per heavy atom.